The summed E-state index contributed by atoms with van der Waals surface area (Å²) in [5.41, 5.74) is 1.31. The zero-order chi connectivity index (χ0) is 11.1. The molecule has 2 rings (SSSR count). The molecule has 0 saturated heterocycles. The van der Waals surface area contributed by atoms with Crippen molar-refractivity contribution in [3.8, 4) is 0 Å². The van der Waals surface area contributed by atoms with Crippen LogP contribution in [-0.2, 0) is 6.54 Å². The molecular weight excluding hydrogens is 238 g/mol. The second kappa shape index (κ2) is 6.73. The molecule has 0 fully saturated rings. The molecule has 16 heavy (non-hydrogen) atoms. The lowest BCUT2D eigenvalue weighted by molar-refractivity contribution is 0.679. The maximum atomic E-state index is 4.23. The molecule has 0 aliphatic rings. The number of thiazole rings is 1. The van der Waals surface area contributed by atoms with E-state index in [2.05, 4.69) is 21.4 Å². The van der Waals surface area contributed by atoms with Crippen LogP contribution in [0.15, 0.2) is 34.4 Å². The van der Waals surface area contributed by atoms with Gasteiger partial charge in [-0.3, -0.25) is 0 Å². The first kappa shape index (κ1) is 11.7. The molecule has 0 aliphatic heterocycles. The second-order valence-electron chi connectivity index (χ2n) is 3.40. The SMILES string of the molecule is c1csc(SCCCNCc2cc[nH]c2)n1. The summed E-state index contributed by atoms with van der Waals surface area (Å²) in [5.74, 6) is 1.13. The molecule has 0 unspecified atom stereocenters. The summed E-state index contributed by atoms with van der Waals surface area (Å²) in [5, 5.41) is 5.44. The van der Waals surface area contributed by atoms with Crippen molar-refractivity contribution in [3.05, 3.63) is 35.6 Å². The quantitative estimate of drug-likeness (QED) is 0.589. The number of hydrogen-bond acceptors (Lipinski definition) is 4. The van der Waals surface area contributed by atoms with Crippen molar-refractivity contribution in [1.82, 2.24) is 15.3 Å². The first-order chi connectivity index (χ1) is 7.95. The molecule has 0 amide bonds. The number of nitrogens with one attached hydrogen (secondary N) is 2. The van der Waals surface area contributed by atoms with E-state index in [9.17, 15) is 0 Å². The van der Waals surface area contributed by atoms with Crippen LogP contribution in [0, 0.1) is 0 Å². The Bertz CT molecular complexity index is 332. The number of aromatic nitrogens is 2. The number of nitrogens with zero attached hydrogens (tertiary/aromatic N) is 1. The highest BCUT2D eigenvalue weighted by atomic mass is 32.2. The average Bonchev–Trinajstić information content (AvgIpc) is 2.96. The van der Waals surface area contributed by atoms with E-state index in [0.29, 0.717) is 0 Å². The van der Waals surface area contributed by atoms with Gasteiger partial charge in [0.05, 0.1) is 0 Å². The van der Waals surface area contributed by atoms with Crippen molar-refractivity contribution in [1.29, 1.82) is 0 Å². The lowest BCUT2D eigenvalue weighted by Gasteiger charge is -2.02. The van der Waals surface area contributed by atoms with Gasteiger partial charge in [0, 0.05) is 36.3 Å². The van der Waals surface area contributed by atoms with E-state index in [1.165, 1.54) is 16.3 Å². The molecule has 2 aromatic rings. The van der Waals surface area contributed by atoms with E-state index >= 15 is 0 Å². The highest BCUT2D eigenvalue weighted by Gasteiger charge is 1.96. The van der Waals surface area contributed by atoms with Crippen LogP contribution in [0.2, 0.25) is 0 Å². The van der Waals surface area contributed by atoms with Crippen LogP contribution < -0.4 is 5.32 Å². The van der Waals surface area contributed by atoms with Crippen molar-refractivity contribution >= 4 is 23.1 Å². The van der Waals surface area contributed by atoms with Crippen LogP contribution in [0.3, 0.4) is 0 Å². The Balaban J connectivity index is 1.49. The summed E-state index contributed by atoms with van der Waals surface area (Å²) in [7, 11) is 0. The molecule has 0 atom stereocenters. The number of hydrogen-bond donors (Lipinski definition) is 2. The van der Waals surface area contributed by atoms with Gasteiger partial charge in [0.1, 0.15) is 4.34 Å². The number of H-pyrrole nitrogens is 1. The van der Waals surface area contributed by atoms with Gasteiger partial charge in [0.15, 0.2) is 0 Å². The average molecular weight is 253 g/mol. The minimum absolute atomic E-state index is 0.950. The summed E-state index contributed by atoms with van der Waals surface area (Å²) in [4.78, 5) is 7.28. The van der Waals surface area contributed by atoms with Crippen LogP contribution >= 0.6 is 23.1 Å². The fourth-order valence-corrected chi connectivity index (χ4v) is 2.99. The standard InChI is InChI=1S/C11H15N3S2/c1(6-15-11-14-5-7-16-11)3-12-8-10-2-4-13-9-10/h2,4-5,7,9,12-13H,1,3,6,8H2. The molecule has 0 aliphatic carbocycles. The predicted molar refractivity (Wildman–Crippen MR) is 70.0 cm³/mol. The van der Waals surface area contributed by atoms with Gasteiger partial charge in [0.25, 0.3) is 0 Å². The molecule has 2 heterocycles. The van der Waals surface area contributed by atoms with Crippen molar-refractivity contribution in [2.45, 2.75) is 17.3 Å². The predicted octanol–water partition coefficient (Wildman–Crippen LogP) is 2.74. The summed E-state index contributed by atoms with van der Waals surface area (Å²) in [6, 6.07) is 2.09. The molecule has 0 spiro atoms. The molecule has 0 aromatic carbocycles. The van der Waals surface area contributed by atoms with Gasteiger partial charge < -0.3 is 10.3 Å². The van der Waals surface area contributed by atoms with Crippen LogP contribution in [0.4, 0.5) is 0 Å². The molecule has 3 nitrogen and oxygen atoms in total. The Labute approximate surface area is 104 Å². The van der Waals surface area contributed by atoms with E-state index in [1.54, 1.807) is 11.3 Å². The van der Waals surface area contributed by atoms with Crippen molar-refractivity contribution in [2.75, 3.05) is 12.3 Å². The third kappa shape index (κ3) is 4.00. The van der Waals surface area contributed by atoms with Crippen LogP contribution in [0.1, 0.15) is 12.0 Å². The van der Waals surface area contributed by atoms with E-state index in [-0.39, 0.29) is 0 Å². The van der Waals surface area contributed by atoms with Gasteiger partial charge in [-0.25, -0.2) is 4.98 Å². The Morgan fingerprint density at radius 3 is 3.25 bits per heavy atom. The van der Waals surface area contributed by atoms with Crippen molar-refractivity contribution < 1.29 is 0 Å². The smallest absolute Gasteiger partial charge is 0.149 e. The zero-order valence-electron chi connectivity index (χ0n) is 8.98. The summed E-state index contributed by atoms with van der Waals surface area (Å²) in [6.45, 7) is 2.01. The molecule has 0 bridgehead atoms. The molecule has 0 radical (unpaired) electrons. The number of aromatic amines is 1. The molecule has 5 heteroatoms. The third-order valence-electron chi connectivity index (χ3n) is 2.12. The van der Waals surface area contributed by atoms with Gasteiger partial charge in [-0.15, -0.1) is 11.3 Å². The van der Waals surface area contributed by atoms with Crippen LogP contribution in [-0.4, -0.2) is 22.3 Å². The zero-order valence-corrected chi connectivity index (χ0v) is 10.6. The van der Waals surface area contributed by atoms with Gasteiger partial charge in [-0.2, -0.15) is 0 Å². The van der Waals surface area contributed by atoms with Gasteiger partial charge in [-0.1, -0.05) is 11.8 Å². The normalized spacial score (nSPS) is 10.8. The topological polar surface area (TPSA) is 40.7 Å². The first-order valence-corrected chi connectivity index (χ1v) is 7.16. The summed E-state index contributed by atoms with van der Waals surface area (Å²) < 4.78 is 1.17. The van der Waals surface area contributed by atoms with E-state index in [1.807, 2.05) is 35.7 Å². The van der Waals surface area contributed by atoms with Crippen LogP contribution in [0.5, 0.6) is 0 Å². The lowest BCUT2D eigenvalue weighted by atomic mass is 10.3. The Morgan fingerprint density at radius 2 is 2.50 bits per heavy atom. The molecule has 0 saturated carbocycles. The monoisotopic (exact) mass is 253 g/mol. The number of thioether (sulfide) groups is 1. The van der Waals surface area contributed by atoms with Crippen molar-refractivity contribution in [2.24, 2.45) is 0 Å². The molecule has 2 N–H and O–H groups in total. The van der Waals surface area contributed by atoms with E-state index in [4.69, 9.17) is 0 Å². The number of rotatable bonds is 7. The summed E-state index contributed by atoms with van der Waals surface area (Å²) in [6.07, 6.45) is 7.01. The van der Waals surface area contributed by atoms with Crippen LogP contribution in [0.25, 0.3) is 0 Å². The largest absolute Gasteiger partial charge is 0.367 e. The van der Waals surface area contributed by atoms with Crippen molar-refractivity contribution in [3.63, 3.8) is 0 Å². The Morgan fingerprint density at radius 1 is 1.50 bits per heavy atom. The summed E-state index contributed by atoms with van der Waals surface area (Å²) >= 11 is 3.55. The molecular formula is C11H15N3S2. The van der Waals surface area contributed by atoms with E-state index < -0.39 is 0 Å². The van der Waals surface area contributed by atoms with Gasteiger partial charge in [-0.05, 0) is 24.6 Å². The molecule has 86 valence electrons. The maximum Gasteiger partial charge on any atom is 0.149 e. The fourth-order valence-electron chi connectivity index (χ4n) is 1.34. The third-order valence-corrected chi connectivity index (χ3v) is 4.18. The van der Waals surface area contributed by atoms with E-state index in [0.717, 1.165) is 18.8 Å². The Hall–Kier alpha value is -0.780. The first-order valence-electron chi connectivity index (χ1n) is 5.30. The Kier molecular flexibility index (Phi) is 4.92. The minimum atomic E-state index is 0.950. The lowest BCUT2D eigenvalue weighted by Crippen LogP contribution is -2.14. The fraction of sp³-hybridized carbons (Fsp3) is 0.364. The van der Waals surface area contributed by atoms with Gasteiger partial charge in [0.2, 0.25) is 0 Å². The van der Waals surface area contributed by atoms with Gasteiger partial charge >= 0.3 is 0 Å². The minimum Gasteiger partial charge on any atom is -0.367 e. The highest BCUT2D eigenvalue weighted by Crippen LogP contribution is 2.20. The highest BCUT2D eigenvalue weighted by molar-refractivity contribution is 8.00. The maximum absolute atomic E-state index is 4.23. The second-order valence-corrected chi connectivity index (χ2v) is 5.63. The molecule has 2 aromatic heterocycles.